The predicted molar refractivity (Wildman–Crippen MR) is 55.3 cm³/mol. The summed E-state index contributed by atoms with van der Waals surface area (Å²) < 4.78 is 0. The Kier molecular flexibility index (Phi) is 4.99. The molecule has 0 saturated carbocycles. The first kappa shape index (κ1) is 12.4. The van der Waals surface area contributed by atoms with E-state index in [1.807, 2.05) is 6.92 Å². The van der Waals surface area contributed by atoms with Gasteiger partial charge in [-0.3, -0.25) is 4.79 Å². The van der Waals surface area contributed by atoms with Gasteiger partial charge >= 0.3 is 0 Å². The highest BCUT2D eigenvalue weighted by molar-refractivity contribution is 5.84. The smallest absolute Gasteiger partial charge is 0.237 e. The van der Waals surface area contributed by atoms with E-state index in [9.17, 15) is 4.79 Å². The maximum absolute atomic E-state index is 11.2. The van der Waals surface area contributed by atoms with E-state index >= 15 is 0 Å². The molecule has 3 heteroatoms. The second-order valence-corrected chi connectivity index (χ2v) is 4.22. The number of rotatable bonds is 6. The van der Waals surface area contributed by atoms with E-state index in [-0.39, 0.29) is 5.91 Å². The fraction of sp³-hybridized carbons (Fsp3) is 0.900. The Morgan fingerprint density at radius 3 is 2.38 bits per heavy atom. The minimum atomic E-state index is -0.529. The van der Waals surface area contributed by atoms with Gasteiger partial charge in [0.25, 0.3) is 0 Å². The van der Waals surface area contributed by atoms with E-state index in [1.165, 1.54) is 0 Å². The Hall–Kier alpha value is -0.570. The predicted octanol–water partition coefficient (Wildman–Crippen LogP) is 1.28. The molecule has 1 atom stereocenters. The van der Waals surface area contributed by atoms with Crippen molar-refractivity contribution >= 4 is 5.91 Å². The fourth-order valence-electron chi connectivity index (χ4n) is 1.23. The first-order chi connectivity index (χ1) is 5.92. The Morgan fingerprint density at radius 2 is 2.08 bits per heavy atom. The molecular weight excluding hydrogens is 164 g/mol. The lowest BCUT2D eigenvalue weighted by atomic mass is 9.94. The van der Waals surface area contributed by atoms with Gasteiger partial charge in [0.05, 0.1) is 5.54 Å². The van der Waals surface area contributed by atoms with Gasteiger partial charge in [-0.05, 0) is 25.8 Å². The molecule has 0 rings (SSSR count). The summed E-state index contributed by atoms with van der Waals surface area (Å²) in [6, 6.07) is 0. The Labute approximate surface area is 81.1 Å². The highest BCUT2D eigenvalue weighted by Crippen LogP contribution is 2.11. The van der Waals surface area contributed by atoms with Crippen LogP contribution in [0.4, 0.5) is 0 Å². The van der Waals surface area contributed by atoms with Gasteiger partial charge in [0.2, 0.25) is 5.91 Å². The molecule has 0 aromatic rings. The van der Waals surface area contributed by atoms with Gasteiger partial charge in [-0.1, -0.05) is 27.2 Å². The lowest BCUT2D eigenvalue weighted by Gasteiger charge is -2.28. The van der Waals surface area contributed by atoms with E-state index < -0.39 is 5.54 Å². The third-order valence-electron chi connectivity index (χ3n) is 2.19. The van der Waals surface area contributed by atoms with Crippen LogP contribution in [0.15, 0.2) is 0 Å². The lowest BCUT2D eigenvalue weighted by Crippen LogP contribution is -2.53. The molecule has 0 aromatic carbocycles. The molecular formula is C10H22N2O. The second kappa shape index (κ2) is 5.22. The van der Waals surface area contributed by atoms with Crippen molar-refractivity contribution in [2.24, 2.45) is 11.7 Å². The Bertz CT molecular complexity index is 168. The van der Waals surface area contributed by atoms with E-state index in [0.717, 1.165) is 19.4 Å². The van der Waals surface area contributed by atoms with E-state index in [4.69, 9.17) is 5.73 Å². The van der Waals surface area contributed by atoms with Gasteiger partial charge in [0.1, 0.15) is 0 Å². The average molecular weight is 186 g/mol. The molecule has 0 aliphatic heterocycles. The first-order valence-corrected chi connectivity index (χ1v) is 4.97. The maximum atomic E-state index is 11.2. The zero-order valence-electron chi connectivity index (χ0n) is 9.18. The summed E-state index contributed by atoms with van der Waals surface area (Å²) in [7, 11) is 0. The SMILES string of the molecule is CCCC(C)(NCC(C)C)C(N)=O. The number of carbonyl (C=O) groups is 1. The average Bonchev–Trinajstić information content (AvgIpc) is 2.01. The normalized spacial score (nSPS) is 15.8. The van der Waals surface area contributed by atoms with Crippen LogP contribution < -0.4 is 11.1 Å². The summed E-state index contributed by atoms with van der Waals surface area (Å²) in [6.07, 6.45) is 1.76. The number of hydrogen-bond donors (Lipinski definition) is 2. The van der Waals surface area contributed by atoms with Crippen molar-refractivity contribution < 1.29 is 4.79 Å². The molecule has 0 bridgehead atoms. The molecule has 0 spiro atoms. The largest absolute Gasteiger partial charge is 0.368 e. The molecule has 1 amide bonds. The molecule has 13 heavy (non-hydrogen) atoms. The molecule has 1 unspecified atom stereocenters. The Balaban J connectivity index is 4.16. The zero-order valence-corrected chi connectivity index (χ0v) is 9.18. The topological polar surface area (TPSA) is 55.1 Å². The van der Waals surface area contributed by atoms with Gasteiger partial charge in [-0.25, -0.2) is 0 Å². The van der Waals surface area contributed by atoms with Crippen molar-refractivity contribution in [3.63, 3.8) is 0 Å². The molecule has 3 N–H and O–H groups in total. The van der Waals surface area contributed by atoms with E-state index in [2.05, 4.69) is 26.1 Å². The van der Waals surface area contributed by atoms with Crippen molar-refractivity contribution in [1.82, 2.24) is 5.32 Å². The van der Waals surface area contributed by atoms with Crippen LogP contribution in [0.3, 0.4) is 0 Å². The minimum absolute atomic E-state index is 0.255. The van der Waals surface area contributed by atoms with E-state index in [0.29, 0.717) is 5.92 Å². The van der Waals surface area contributed by atoms with Crippen molar-refractivity contribution in [3.05, 3.63) is 0 Å². The number of primary amides is 1. The maximum Gasteiger partial charge on any atom is 0.237 e. The summed E-state index contributed by atoms with van der Waals surface area (Å²) >= 11 is 0. The number of nitrogens with one attached hydrogen (secondary N) is 1. The second-order valence-electron chi connectivity index (χ2n) is 4.22. The van der Waals surface area contributed by atoms with Crippen LogP contribution in [0.1, 0.15) is 40.5 Å². The lowest BCUT2D eigenvalue weighted by molar-refractivity contribution is -0.124. The van der Waals surface area contributed by atoms with Crippen LogP contribution in [0.25, 0.3) is 0 Å². The van der Waals surface area contributed by atoms with Crippen LogP contribution in [-0.2, 0) is 4.79 Å². The van der Waals surface area contributed by atoms with Gasteiger partial charge in [-0.15, -0.1) is 0 Å². The number of amides is 1. The van der Waals surface area contributed by atoms with Crippen molar-refractivity contribution in [2.75, 3.05) is 6.54 Å². The van der Waals surface area contributed by atoms with Crippen LogP contribution in [-0.4, -0.2) is 18.0 Å². The van der Waals surface area contributed by atoms with Crippen LogP contribution in [0.2, 0.25) is 0 Å². The highest BCUT2D eigenvalue weighted by atomic mass is 16.1. The van der Waals surface area contributed by atoms with Crippen LogP contribution >= 0.6 is 0 Å². The number of hydrogen-bond acceptors (Lipinski definition) is 2. The first-order valence-electron chi connectivity index (χ1n) is 4.97. The molecule has 78 valence electrons. The highest BCUT2D eigenvalue weighted by Gasteiger charge is 2.29. The van der Waals surface area contributed by atoms with E-state index in [1.54, 1.807) is 0 Å². The molecule has 0 aliphatic rings. The van der Waals surface area contributed by atoms with Crippen molar-refractivity contribution in [2.45, 2.75) is 46.1 Å². The van der Waals surface area contributed by atoms with Crippen LogP contribution in [0.5, 0.6) is 0 Å². The van der Waals surface area contributed by atoms with Gasteiger partial charge in [0.15, 0.2) is 0 Å². The molecule has 0 fully saturated rings. The Morgan fingerprint density at radius 1 is 1.54 bits per heavy atom. The minimum Gasteiger partial charge on any atom is -0.368 e. The molecule has 0 aromatic heterocycles. The monoisotopic (exact) mass is 186 g/mol. The molecule has 0 radical (unpaired) electrons. The summed E-state index contributed by atoms with van der Waals surface area (Å²) in [5.41, 5.74) is 4.81. The summed E-state index contributed by atoms with van der Waals surface area (Å²) in [5, 5.41) is 3.22. The van der Waals surface area contributed by atoms with Gasteiger partial charge < -0.3 is 11.1 Å². The van der Waals surface area contributed by atoms with Gasteiger partial charge in [-0.2, -0.15) is 0 Å². The van der Waals surface area contributed by atoms with Crippen molar-refractivity contribution in [3.8, 4) is 0 Å². The fourth-order valence-corrected chi connectivity index (χ4v) is 1.23. The molecule has 0 aliphatic carbocycles. The van der Waals surface area contributed by atoms with Gasteiger partial charge in [0, 0.05) is 0 Å². The summed E-state index contributed by atoms with van der Waals surface area (Å²) in [5.74, 6) is 0.283. The third kappa shape index (κ3) is 4.27. The zero-order chi connectivity index (χ0) is 10.5. The summed E-state index contributed by atoms with van der Waals surface area (Å²) in [6.45, 7) is 8.99. The molecule has 0 heterocycles. The number of carbonyl (C=O) groups excluding carboxylic acids is 1. The third-order valence-corrected chi connectivity index (χ3v) is 2.19. The van der Waals surface area contributed by atoms with Crippen LogP contribution in [0, 0.1) is 5.92 Å². The van der Waals surface area contributed by atoms with Crippen molar-refractivity contribution in [1.29, 1.82) is 0 Å². The standard InChI is InChI=1S/C10H22N2O/c1-5-6-10(4,9(11)13)12-7-8(2)3/h8,12H,5-7H2,1-4H3,(H2,11,13). The summed E-state index contributed by atoms with van der Waals surface area (Å²) in [4.78, 5) is 11.2. The quantitative estimate of drug-likeness (QED) is 0.656. The molecule has 3 nitrogen and oxygen atoms in total. The number of nitrogens with two attached hydrogens (primary N) is 1. The molecule has 0 saturated heterocycles.